The minimum Gasteiger partial charge on any atom is -0.508 e. The predicted octanol–water partition coefficient (Wildman–Crippen LogP) is 4.45. The zero-order valence-electron chi connectivity index (χ0n) is 19.4. The topological polar surface area (TPSA) is 77.5 Å². The molecule has 2 aromatic carbocycles. The van der Waals surface area contributed by atoms with Gasteiger partial charge in [-0.15, -0.1) is 0 Å². The number of piperidine rings is 1. The summed E-state index contributed by atoms with van der Waals surface area (Å²) in [5, 5.41) is 9.49. The highest BCUT2D eigenvalue weighted by atomic mass is 16.6. The molecule has 0 saturated carbocycles. The number of carbonyl (C=O) groups excluding carboxylic acids is 1. The van der Waals surface area contributed by atoms with E-state index < -0.39 is 0 Å². The summed E-state index contributed by atoms with van der Waals surface area (Å²) in [5.41, 5.74) is 1.95. The van der Waals surface area contributed by atoms with Crippen LogP contribution in [0.25, 0.3) is 6.08 Å². The van der Waals surface area contributed by atoms with Gasteiger partial charge in [-0.1, -0.05) is 24.6 Å². The number of fused-ring (bicyclic) bond motifs is 1. The van der Waals surface area contributed by atoms with Gasteiger partial charge in [-0.3, -0.25) is 9.69 Å². The first-order valence-electron chi connectivity index (χ1n) is 11.4. The zero-order valence-corrected chi connectivity index (χ0v) is 19.4. The number of hydrogen-bond acceptors (Lipinski definition) is 7. The molecule has 4 rings (SSSR count). The molecule has 0 spiro atoms. The summed E-state index contributed by atoms with van der Waals surface area (Å²) in [6.07, 6.45) is 7.23. The molecule has 7 heteroatoms. The van der Waals surface area contributed by atoms with Crippen molar-refractivity contribution in [3.8, 4) is 28.7 Å². The average molecular weight is 454 g/mol. The molecule has 33 heavy (non-hydrogen) atoms. The second-order valence-corrected chi connectivity index (χ2v) is 8.17. The molecule has 0 bridgehead atoms. The van der Waals surface area contributed by atoms with Crippen molar-refractivity contribution in [1.82, 2.24) is 4.90 Å². The van der Waals surface area contributed by atoms with E-state index in [9.17, 15) is 9.90 Å². The number of methoxy groups -OCH3 is 2. The Labute approximate surface area is 194 Å². The van der Waals surface area contributed by atoms with Gasteiger partial charge in [-0.2, -0.15) is 0 Å². The summed E-state index contributed by atoms with van der Waals surface area (Å²) in [4.78, 5) is 15.8. The summed E-state index contributed by atoms with van der Waals surface area (Å²) in [6, 6.07) is 6.62. The molecule has 1 atom stereocenters. The molecule has 2 heterocycles. The molecular weight excluding hydrogens is 422 g/mol. The zero-order chi connectivity index (χ0) is 23.4. The van der Waals surface area contributed by atoms with Gasteiger partial charge in [0.1, 0.15) is 17.1 Å². The van der Waals surface area contributed by atoms with Crippen molar-refractivity contribution < 1.29 is 28.8 Å². The molecular formula is C26H31NO6. The first-order chi connectivity index (χ1) is 16.1. The molecule has 2 aliphatic rings. The van der Waals surface area contributed by atoms with E-state index in [1.54, 1.807) is 44.6 Å². The van der Waals surface area contributed by atoms with E-state index in [1.807, 2.05) is 6.92 Å². The number of phenols is 1. The number of rotatable bonds is 8. The Bertz CT molecular complexity index is 1020. The van der Waals surface area contributed by atoms with Gasteiger partial charge in [0.2, 0.25) is 5.75 Å². The number of carbonyl (C=O) groups is 1. The average Bonchev–Trinajstić information content (AvgIpc) is 3.28. The molecule has 0 radical (unpaired) electrons. The number of allylic oxidation sites excluding steroid dienone is 1. The fourth-order valence-corrected chi connectivity index (χ4v) is 4.54. The van der Waals surface area contributed by atoms with Crippen molar-refractivity contribution in [2.24, 2.45) is 0 Å². The second kappa shape index (κ2) is 10.2. The van der Waals surface area contributed by atoms with E-state index in [1.165, 1.54) is 12.5 Å². The summed E-state index contributed by atoms with van der Waals surface area (Å²) in [7, 11) is 3.12. The molecule has 1 fully saturated rings. The van der Waals surface area contributed by atoms with Gasteiger partial charge in [0.15, 0.2) is 23.5 Å². The number of benzene rings is 2. The minimum absolute atomic E-state index is 0.115. The molecule has 2 aromatic rings. The molecule has 1 unspecified atom stereocenters. The lowest BCUT2D eigenvalue weighted by Gasteiger charge is -2.31. The standard InChI is InChI=1S/C26H31NO6/c1-4-32-25-22(20(29)13-10-17-8-11-18(28)12-9-17)23(30-2)19-16-21(27-14-6-5-7-15-27)33-24(19)26(25)31-3/h8-13,21,28H,4-7,14-16H2,1-3H3. The SMILES string of the molecule is CCOc1c(OC)c2c(c(OC)c1C(=O)C=Cc1ccc(O)cc1)CC(N1CCCCC1)O2. The largest absolute Gasteiger partial charge is 0.508 e. The number of ketones is 1. The number of nitrogens with zero attached hydrogens (tertiary/aromatic N) is 1. The Morgan fingerprint density at radius 2 is 1.79 bits per heavy atom. The molecule has 1 N–H and O–H groups in total. The van der Waals surface area contributed by atoms with E-state index >= 15 is 0 Å². The van der Waals surface area contributed by atoms with Gasteiger partial charge in [-0.25, -0.2) is 0 Å². The molecule has 176 valence electrons. The van der Waals surface area contributed by atoms with Crippen molar-refractivity contribution >= 4 is 11.9 Å². The van der Waals surface area contributed by atoms with Crippen LogP contribution >= 0.6 is 0 Å². The van der Waals surface area contributed by atoms with Crippen molar-refractivity contribution in [1.29, 1.82) is 0 Å². The predicted molar refractivity (Wildman–Crippen MR) is 126 cm³/mol. The molecule has 2 aliphatic heterocycles. The van der Waals surface area contributed by atoms with Crippen LogP contribution in [-0.2, 0) is 6.42 Å². The first kappa shape index (κ1) is 23.0. The lowest BCUT2D eigenvalue weighted by atomic mass is 9.99. The normalized spacial score (nSPS) is 18.1. The lowest BCUT2D eigenvalue weighted by Crippen LogP contribution is -2.41. The summed E-state index contributed by atoms with van der Waals surface area (Å²) >= 11 is 0. The van der Waals surface area contributed by atoms with Crippen molar-refractivity contribution in [2.75, 3.05) is 33.9 Å². The van der Waals surface area contributed by atoms with Crippen LogP contribution in [0.5, 0.6) is 28.7 Å². The summed E-state index contributed by atoms with van der Waals surface area (Å²) < 4.78 is 23.8. The van der Waals surface area contributed by atoms with Crippen LogP contribution in [0.15, 0.2) is 30.3 Å². The van der Waals surface area contributed by atoms with E-state index in [-0.39, 0.29) is 17.8 Å². The van der Waals surface area contributed by atoms with Crippen LogP contribution < -0.4 is 18.9 Å². The van der Waals surface area contributed by atoms with Crippen LogP contribution in [0, 0.1) is 0 Å². The molecule has 0 aliphatic carbocycles. The Balaban J connectivity index is 1.75. The smallest absolute Gasteiger partial charge is 0.204 e. The van der Waals surface area contributed by atoms with Crippen molar-refractivity contribution in [3.63, 3.8) is 0 Å². The lowest BCUT2D eigenvalue weighted by molar-refractivity contribution is 0.0272. The van der Waals surface area contributed by atoms with Gasteiger partial charge in [0.05, 0.1) is 20.8 Å². The van der Waals surface area contributed by atoms with E-state index in [0.717, 1.165) is 37.1 Å². The number of phenolic OH excluding ortho intramolecular Hbond substituents is 1. The Kier molecular flexibility index (Phi) is 7.08. The quantitative estimate of drug-likeness (QED) is 0.467. The maximum absolute atomic E-state index is 13.4. The van der Waals surface area contributed by atoms with Crippen LogP contribution in [0.3, 0.4) is 0 Å². The Hall–Kier alpha value is -3.19. The van der Waals surface area contributed by atoms with Gasteiger partial charge in [0.25, 0.3) is 0 Å². The number of ether oxygens (including phenoxy) is 4. The van der Waals surface area contributed by atoms with Gasteiger partial charge < -0.3 is 24.1 Å². The molecule has 0 amide bonds. The fourth-order valence-electron chi connectivity index (χ4n) is 4.54. The Morgan fingerprint density at radius 1 is 1.09 bits per heavy atom. The molecule has 0 aromatic heterocycles. The van der Waals surface area contributed by atoms with Crippen LogP contribution in [0.1, 0.15) is 47.7 Å². The highest BCUT2D eigenvalue weighted by Crippen LogP contribution is 2.53. The summed E-state index contributed by atoms with van der Waals surface area (Å²) in [6.45, 7) is 4.19. The van der Waals surface area contributed by atoms with E-state index in [4.69, 9.17) is 18.9 Å². The third-order valence-electron chi connectivity index (χ3n) is 6.11. The first-order valence-corrected chi connectivity index (χ1v) is 11.4. The van der Waals surface area contributed by atoms with Gasteiger partial charge in [0, 0.05) is 25.1 Å². The minimum atomic E-state index is -0.258. The maximum atomic E-state index is 13.4. The third kappa shape index (κ3) is 4.64. The van der Waals surface area contributed by atoms with E-state index in [0.29, 0.717) is 41.6 Å². The Morgan fingerprint density at radius 3 is 2.42 bits per heavy atom. The van der Waals surface area contributed by atoms with Crippen LogP contribution in [0.2, 0.25) is 0 Å². The van der Waals surface area contributed by atoms with Crippen molar-refractivity contribution in [2.45, 2.75) is 38.8 Å². The van der Waals surface area contributed by atoms with Gasteiger partial charge >= 0.3 is 0 Å². The molecule has 1 saturated heterocycles. The molecule has 7 nitrogen and oxygen atoms in total. The van der Waals surface area contributed by atoms with E-state index in [2.05, 4.69) is 4.90 Å². The maximum Gasteiger partial charge on any atom is 0.204 e. The van der Waals surface area contributed by atoms with Crippen LogP contribution in [-0.4, -0.2) is 55.9 Å². The fraction of sp³-hybridized carbons (Fsp3) is 0.423. The van der Waals surface area contributed by atoms with Crippen LogP contribution in [0.4, 0.5) is 0 Å². The number of hydrogen-bond donors (Lipinski definition) is 1. The third-order valence-corrected chi connectivity index (χ3v) is 6.11. The summed E-state index contributed by atoms with van der Waals surface area (Å²) in [5.74, 6) is 1.72. The highest BCUT2D eigenvalue weighted by Gasteiger charge is 2.39. The second-order valence-electron chi connectivity index (χ2n) is 8.17. The number of likely N-dealkylation sites (tertiary alicyclic amines) is 1. The monoisotopic (exact) mass is 453 g/mol. The van der Waals surface area contributed by atoms with Crippen molar-refractivity contribution in [3.05, 3.63) is 47.0 Å². The van der Waals surface area contributed by atoms with Gasteiger partial charge in [-0.05, 0) is 43.5 Å². The number of aromatic hydroxyl groups is 1. The highest BCUT2D eigenvalue weighted by molar-refractivity contribution is 6.12.